The van der Waals surface area contributed by atoms with Gasteiger partial charge in [0.05, 0.1) is 6.61 Å². The van der Waals surface area contributed by atoms with Crippen LogP contribution in [0.15, 0.2) is 24.3 Å². The minimum atomic E-state index is 0.763. The Morgan fingerprint density at radius 1 is 1.14 bits per heavy atom. The van der Waals surface area contributed by atoms with E-state index < -0.39 is 0 Å². The first-order chi connectivity index (χ1) is 10.4. The molecule has 0 saturated heterocycles. The second kappa shape index (κ2) is 6.07. The molecule has 0 bridgehead atoms. The third kappa shape index (κ3) is 3.47. The fraction of sp³-hybridized carbons (Fsp3) is 0.556. The second-order valence-electron chi connectivity index (χ2n) is 6.44. The smallest absolute Gasteiger partial charge is 0.0734 e. The molecule has 0 spiro atoms. The van der Waals surface area contributed by atoms with E-state index in [1.165, 1.54) is 52.6 Å². The van der Waals surface area contributed by atoms with Crippen molar-refractivity contribution in [3.05, 3.63) is 34.7 Å². The molecule has 0 aliphatic heterocycles. The van der Waals surface area contributed by atoms with Crippen molar-refractivity contribution in [1.29, 1.82) is 0 Å². The van der Waals surface area contributed by atoms with Crippen molar-refractivity contribution in [3.63, 3.8) is 0 Å². The Morgan fingerprint density at radius 2 is 2.00 bits per heavy atom. The van der Waals surface area contributed by atoms with Crippen molar-refractivity contribution in [2.75, 3.05) is 6.61 Å². The minimum Gasteiger partial charge on any atom is -0.377 e. The van der Waals surface area contributed by atoms with Crippen LogP contribution < -0.4 is 5.32 Å². The molecule has 2 nitrogen and oxygen atoms in total. The number of fused-ring (bicyclic) bond motifs is 1. The molecule has 112 valence electrons. The summed E-state index contributed by atoms with van der Waals surface area (Å²) in [5, 5.41) is 5.04. The van der Waals surface area contributed by atoms with E-state index in [1.54, 1.807) is 0 Å². The molecule has 3 heteroatoms. The SMILES string of the molecule is c1ccc2c(COCCC3CC3)c(CNC3CC3)sc2c1. The van der Waals surface area contributed by atoms with Crippen LogP contribution in [0.2, 0.25) is 0 Å². The number of hydrogen-bond acceptors (Lipinski definition) is 3. The first kappa shape index (κ1) is 13.7. The second-order valence-corrected chi connectivity index (χ2v) is 7.58. The zero-order chi connectivity index (χ0) is 14.1. The summed E-state index contributed by atoms with van der Waals surface area (Å²) in [5.41, 5.74) is 1.42. The van der Waals surface area contributed by atoms with Crippen molar-refractivity contribution in [1.82, 2.24) is 5.32 Å². The highest BCUT2D eigenvalue weighted by atomic mass is 32.1. The van der Waals surface area contributed by atoms with Crippen LogP contribution in [-0.4, -0.2) is 12.6 Å². The zero-order valence-corrected chi connectivity index (χ0v) is 13.3. The first-order valence-electron chi connectivity index (χ1n) is 8.20. The van der Waals surface area contributed by atoms with Gasteiger partial charge in [-0.25, -0.2) is 0 Å². The molecule has 2 aliphatic carbocycles. The molecule has 1 aromatic heterocycles. The molecule has 0 amide bonds. The summed E-state index contributed by atoms with van der Waals surface area (Å²) in [7, 11) is 0. The third-order valence-corrected chi connectivity index (χ3v) is 5.74. The molecule has 2 aromatic rings. The number of nitrogens with one attached hydrogen (secondary N) is 1. The van der Waals surface area contributed by atoms with E-state index in [0.717, 1.165) is 31.7 Å². The quantitative estimate of drug-likeness (QED) is 0.726. The van der Waals surface area contributed by atoms with Gasteiger partial charge in [-0.3, -0.25) is 0 Å². The third-order valence-electron chi connectivity index (χ3n) is 4.52. The number of benzene rings is 1. The fourth-order valence-electron chi connectivity index (χ4n) is 2.81. The molecule has 0 atom stereocenters. The van der Waals surface area contributed by atoms with Crippen molar-refractivity contribution >= 4 is 21.4 Å². The summed E-state index contributed by atoms with van der Waals surface area (Å²) in [5.74, 6) is 0.959. The van der Waals surface area contributed by atoms with E-state index in [4.69, 9.17) is 4.74 Å². The highest BCUT2D eigenvalue weighted by Gasteiger charge is 2.22. The van der Waals surface area contributed by atoms with E-state index in [2.05, 4.69) is 29.6 Å². The van der Waals surface area contributed by atoms with E-state index in [1.807, 2.05) is 11.3 Å². The van der Waals surface area contributed by atoms with Crippen LogP contribution in [0, 0.1) is 5.92 Å². The van der Waals surface area contributed by atoms with Gasteiger partial charge >= 0.3 is 0 Å². The van der Waals surface area contributed by atoms with Gasteiger partial charge in [0.2, 0.25) is 0 Å². The highest BCUT2D eigenvalue weighted by Crippen LogP contribution is 2.34. The van der Waals surface area contributed by atoms with Crippen LogP contribution in [0.3, 0.4) is 0 Å². The Bertz CT molecular complexity index is 613. The van der Waals surface area contributed by atoms with Gasteiger partial charge < -0.3 is 10.1 Å². The average molecular weight is 301 g/mol. The largest absolute Gasteiger partial charge is 0.377 e. The monoisotopic (exact) mass is 301 g/mol. The molecule has 1 heterocycles. The molecule has 2 saturated carbocycles. The number of thiophene rings is 1. The minimum absolute atomic E-state index is 0.763. The van der Waals surface area contributed by atoms with Gasteiger partial charge in [-0.1, -0.05) is 31.0 Å². The van der Waals surface area contributed by atoms with Crippen LogP contribution in [0.4, 0.5) is 0 Å². The lowest BCUT2D eigenvalue weighted by atomic mass is 10.1. The van der Waals surface area contributed by atoms with Crippen molar-refractivity contribution in [2.45, 2.75) is 51.3 Å². The summed E-state index contributed by atoms with van der Waals surface area (Å²) >= 11 is 1.93. The number of ether oxygens (including phenoxy) is 1. The molecule has 0 unspecified atom stereocenters. The first-order valence-corrected chi connectivity index (χ1v) is 9.02. The lowest BCUT2D eigenvalue weighted by molar-refractivity contribution is 0.115. The van der Waals surface area contributed by atoms with E-state index in [0.29, 0.717) is 0 Å². The molecule has 1 N–H and O–H groups in total. The van der Waals surface area contributed by atoms with Gasteiger partial charge in [0, 0.05) is 34.3 Å². The van der Waals surface area contributed by atoms with Gasteiger partial charge in [-0.15, -0.1) is 11.3 Å². The number of rotatable bonds is 8. The zero-order valence-electron chi connectivity index (χ0n) is 12.4. The molecule has 2 aliphatic rings. The van der Waals surface area contributed by atoms with E-state index in [-0.39, 0.29) is 0 Å². The Hall–Kier alpha value is -0.900. The Labute approximate surface area is 130 Å². The molecule has 21 heavy (non-hydrogen) atoms. The molecule has 0 radical (unpaired) electrons. The Kier molecular flexibility index (Phi) is 3.97. The van der Waals surface area contributed by atoms with E-state index in [9.17, 15) is 0 Å². The maximum atomic E-state index is 5.98. The summed E-state index contributed by atoms with van der Waals surface area (Å²) in [6, 6.07) is 9.51. The maximum absolute atomic E-state index is 5.98. The van der Waals surface area contributed by atoms with Crippen LogP contribution in [0.1, 0.15) is 42.5 Å². The Balaban J connectivity index is 1.46. The molecule has 2 fully saturated rings. The highest BCUT2D eigenvalue weighted by molar-refractivity contribution is 7.19. The molecular formula is C18H23NOS. The van der Waals surface area contributed by atoms with Crippen molar-refractivity contribution < 1.29 is 4.74 Å². The standard InChI is InChI=1S/C18H23NOS/c1-2-4-17-15(3-1)16(12-20-10-9-13-5-6-13)18(21-17)11-19-14-7-8-14/h1-4,13-14,19H,5-12H2. The van der Waals surface area contributed by atoms with Gasteiger partial charge in [0.1, 0.15) is 0 Å². The Morgan fingerprint density at radius 3 is 2.81 bits per heavy atom. The summed E-state index contributed by atoms with van der Waals surface area (Å²) < 4.78 is 7.37. The maximum Gasteiger partial charge on any atom is 0.0734 e. The van der Waals surface area contributed by atoms with Gasteiger partial charge in [-0.2, -0.15) is 0 Å². The normalized spacial score (nSPS) is 18.5. The summed E-state index contributed by atoms with van der Waals surface area (Å²) in [4.78, 5) is 1.47. The van der Waals surface area contributed by atoms with Gasteiger partial charge in [0.15, 0.2) is 0 Å². The fourth-order valence-corrected chi connectivity index (χ4v) is 3.97. The summed E-state index contributed by atoms with van der Waals surface area (Å²) in [6.45, 7) is 2.70. The van der Waals surface area contributed by atoms with Gasteiger partial charge in [0.25, 0.3) is 0 Å². The lowest BCUT2D eigenvalue weighted by Crippen LogP contribution is -2.15. The van der Waals surface area contributed by atoms with Crippen molar-refractivity contribution in [2.24, 2.45) is 5.92 Å². The van der Waals surface area contributed by atoms with Crippen LogP contribution in [0.25, 0.3) is 10.1 Å². The van der Waals surface area contributed by atoms with Crippen LogP contribution >= 0.6 is 11.3 Å². The van der Waals surface area contributed by atoms with Gasteiger partial charge in [-0.05, 0) is 36.6 Å². The number of hydrogen-bond donors (Lipinski definition) is 1. The van der Waals surface area contributed by atoms with Crippen LogP contribution in [-0.2, 0) is 17.9 Å². The topological polar surface area (TPSA) is 21.3 Å². The molecule has 4 rings (SSSR count). The van der Waals surface area contributed by atoms with Crippen molar-refractivity contribution in [3.8, 4) is 0 Å². The predicted molar refractivity (Wildman–Crippen MR) is 88.7 cm³/mol. The molecule has 1 aromatic carbocycles. The van der Waals surface area contributed by atoms with E-state index >= 15 is 0 Å². The predicted octanol–water partition coefficient (Wildman–Crippen LogP) is 4.47. The summed E-state index contributed by atoms with van der Waals surface area (Å²) in [6.07, 6.45) is 6.77. The average Bonchev–Trinajstić information content (AvgIpc) is 3.41. The molecular weight excluding hydrogens is 278 g/mol. The van der Waals surface area contributed by atoms with Crippen LogP contribution in [0.5, 0.6) is 0 Å². The lowest BCUT2D eigenvalue weighted by Gasteiger charge is -2.07.